The first-order valence-electron chi connectivity index (χ1n) is 9.04. The second-order valence-electron chi connectivity index (χ2n) is 6.78. The molecule has 0 aliphatic rings. The normalized spacial score (nSPS) is 10.9. The summed E-state index contributed by atoms with van der Waals surface area (Å²) < 4.78 is 7.52. The number of carboxylic acid groups (broad SMARTS) is 1. The fourth-order valence-electron chi connectivity index (χ4n) is 3.16. The molecule has 0 spiro atoms. The number of hydrogen-bond acceptors (Lipinski definition) is 3. The lowest BCUT2D eigenvalue weighted by atomic mass is 10.0. The number of ether oxygens (including phenoxy) is 1. The third-order valence-electron chi connectivity index (χ3n) is 4.60. The first-order valence-corrected chi connectivity index (χ1v) is 9.04. The van der Waals surface area contributed by atoms with Crippen molar-refractivity contribution in [2.75, 3.05) is 0 Å². The van der Waals surface area contributed by atoms with E-state index < -0.39 is 5.97 Å². The van der Waals surface area contributed by atoms with Crippen LogP contribution in [-0.4, -0.2) is 20.6 Å². The van der Waals surface area contributed by atoms with Gasteiger partial charge < -0.3 is 14.4 Å². The summed E-state index contributed by atoms with van der Waals surface area (Å²) in [7, 11) is 0. The van der Waals surface area contributed by atoms with Gasteiger partial charge in [-0.05, 0) is 41.8 Å². The number of aryl methyl sites for hydroxylation is 1. The van der Waals surface area contributed by atoms with Gasteiger partial charge in [0.2, 0.25) is 0 Å². The Morgan fingerprint density at radius 2 is 1.89 bits per heavy atom. The lowest BCUT2D eigenvalue weighted by Crippen LogP contribution is -2.07. The molecule has 140 valence electrons. The van der Waals surface area contributed by atoms with Crippen molar-refractivity contribution in [1.82, 2.24) is 9.55 Å². The quantitative estimate of drug-likeness (QED) is 0.534. The van der Waals surface area contributed by atoms with Gasteiger partial charge in [-0.15, -0.1) is 0 Å². The summed E-state index contributed by atoms with van der Waals surface area (Å²) in [6, 6.07) is 20.5. The van der Waals surface area contributed by atoms with E-state index in [9.17, 15) is 4.79 Å². The maximum atomic E-state index is 10.9. The van der Waals surface area contributed by atoms with Crippen molar-refractivity contribution in [2.45, 2.75) is 20.1 Å². The molecule has 28 heavy (non-hydrogen) atoms. The molecule has 0 unspecified atom stereocenters. The van der Waals surface area contributed by atoms with Gasteiger partial charge in [0.15, 0.2) is 0 Å². The largest absolute Gasteiger partial charge is 0.487 e. The maximum Gasteiger partial charge on any atom is 0.323 e. The fourth-order valence-corrected chi connectivity index (χ4v) is 3.16. The van der Waals surface area contributed by atoms with E-state index >= 15 is 0 Å². The van der Waals surface area contributed by atoms with Gasteiger partial charge in [-0.1, -0.05) is 48.0 Å². The van der Waals surface area contributed by atoms with Gasteiger partial charge in [0, 0.05) is 11.6 Å². The third kappa shape index (κ3) is 3.88. The molecule has 4 aromatic rings. The highest BCUT2D eigenvalue weighted by Gasteiger charge is 2.08. The van der Waals surface area contributed by atoms with E-state index in [1.807, 2.05) is 24.3 Å². The number of benzene rings is 2. The zero-order chi connectivity index (χ0) is 19.5. The summed E-state index contributed by atoms with van der Waals surface area (Å²) in [5, 5.41) is 9.81. The van der Waals surface area contributed by atoms with Crippen molar-refractivity contribution in [2.24, 2.45) is 0 Å². The summed E-state index contributed by atoms with van der Waals surface area (Å²) in [5.74, 6) is -0.241. The van der Waals surface area contributed by atoms with Crippen LogP contribution in [0.3, 0.4) is 0 Å². The molecule has 5 heteroatoms. The zero-order valence-electron chi connectivity index (χ0n) is 15.5. The molecule has 2 heterocycles. The minimum absolute atomic E-state index is 0.109. The van der Waals surface area contributed by atoms with E-state index in [0.29, 0.717) is 18.0 Å². The van der Waals surface area contributed by atoms with Gasteiger partial charge in [-0.2, -0.15) is 0 Å². The van der Waals surface area contributed by atoms with Crippen molar-refractivity contribution >= 4 is 17.0 Å². The highest BCUT2D eigenvalue weighted by Crippen LogP contribution is 2.23. The first-order chi connectivity index (χ1) is 13.6. The minimum atomic E-state index is -0.895. The van der Waals surface area contributed by atoms with Crippen molar-refractivity contribution in [3.8, 4) is 16.9 Å². The van der Waals surface area contributed by atoms with E-state index in [4.69, 9.17) is 9.84 Å². The van der Waals surface area contributed by atoms with E-state index in [1.165, 1.54) is 11.1 Å². The second kappa shape index (κ2) is 7.56. The van der Waals surface area contributed by atoms with Crippen LogP contribution in [-0.2, 0) is 17.9 Å². The highest BCUT2D eigenvalue weighted by atomic mass is 16.5. The molecule has 2 aromatic heterocycles. The lowest BCUT2D eigenvalue weighted by Gasteiger charge is -2.09. The molecule has 5 nitrogen and oxygen atoms in total. The number of hydrogen-bond donors (Lipinski definition) is 1. The first kappa shape index (κ1) is 17.8. The van der Waals surface area contributed by atoms with Gasteiger partial charge in [-0.25, -0.2) is 4.98 Å². The Balaban J connectivity index is 1.49. The Hall–Kier alpha value is -3.60. The molecule has 0 amide bonds. The monoisotopic (exact) mass is 372 g/mol. The number of aromatic nitrogens is 2. The molecule has 0 saturated carbocycles. The summed E-state index contributed by atoms with van der Waals surface area (Å²) >= 11 is 0. The van der Waals surface area contributed by atoms with Crippen LogP contribution in [0.2, 0.25) is 0 Å². The van der Waals surface area contributed by atoms with Crippen LogP contribution in [0.5, 0.6) is 5.75 Å². The Labute approximate surface area is 162 Å². The van der Waals surface area contributed by atoms with Crippen molar-refractivity contribution in [3.05, 3.63) is 84.2 Å². The molecule has 0 aliphatic carbocycles. The average Bonchev–Trinajstić information content (AvgIpc) is 3.08. The standard InChI is InChI=1S/C23H20N2O3/c1-16-5-7-18(8-6-16)19-4-2-3-17(11-19)15-28-21-12-20-9-10-25(14-22(26)27)23(20)24-13-21/h2-13H,14-15H2,1H3,(H,26,27). The van der Waals surface area contributed by atoms with Gasteiger partial charge >= 0.3 is 5.97 Å². The molecule has 0 saturated heterocycles. The van der Waals surface area contributed by atoms with E-state index in [-0.39, 0.29) is 6.54 Å². The van der Waals surface area contributed by atoms with Crippen LogP contribution >= 0.6 is 0 Å². The van der Waals surface area contributed by atoms with Gasteiger partial charge in [0.1, 0.15) is 24.5 Å². The van der Waals surface area contributed by atoms with Gasteiger partial charge in [0.05, 0.1) is 6.20 Å². The Kier molecular flexibility index (Phi) is 4.81. The zero-order valence-corrected chi connectivity index (χ0v) is 15.5. The van der Waals surface area contributed by atoms with Crippen molar-refractivity contribution < 1.29 is 14.6 Å². The van der Waals surface area contributed by atoms with E-state index in [2.05, 4.69) is 48.3 Å². The maximum absolute atomic E-state index is 10.9. The number of pyridine rings is 1. The predicted octanol–water partition coefficient (Wildman–Crippen LogP) is 4.68. The highest BCUT2D eigenvalue weighted by molar-refractivity contribution is 5.79. The number of rotatable bonds is 6. The molecule has 4 rings (SSSR count). The Bertz CT molecular complexity index is 1130. The summed E-state index contributed by atoms with van der Waals surface area (Å²) in [6.07, 6.45) is 3.35. The molecule has 0 atom stereocenters. The topological polar surface area (TPSA) is 64.4 Å². The molecule has 0 radical (unpaired) electrons. The van der Waals surface area contributed by atoms with Crippen LogP contribution in [0.1, 0.15) is 11.1 Å². The average molecular weight is 372 g/mol. The number of aliphatic carboxylic acids is 1. The van der Waals surface area contributed by atoms with Crippen LogP contribution in [0.4, 0.5) is 0 Å². The molecule has 0 aliphatic heterocycles. The van der Waals surface area contributed by atoms with Crippen molar-refractivity contribution in [1.29, 1.82) is 0 Å². The Morgan fingerprint density at radius 3 is 2.68 bits per heavy atom. The van der Waals surface area contributed by atoms with Crippen LogP contribution < -0.4 is 4.74 Å². The van der Waals surface area contributed by atoms with Gasteiger partial charge in [-0.3, -0.25) is 4.79 Å². The molecular weight excluding hydrogens is 352 g/mol. The molecule has 2 aromatic carbocycles. The van der Waals surface area contributed by atoms with E-state index in [1.54, 1.807) is 17.0 Å². The van der Waals surface area contributed by atoms with Crippen LogP contribution in [0.15, 0.2) is 73.1 Å². The molecule has 0 fully saturated rings. The third-order valence-corrected chi connectivity index (χ3v) is 4.60. The molecular formula is C23H20N2O3. The SMILES string of the molecule is Cc1ccc(-c2cccc(COc3cnc4c(ccn4CC(=O)O)c3)c2)cc1. The number of carbonyl (C=O) groups is 1. The molecule has 0 bridgehead atoms. The number of carboxylic acids is 1. The number of nitrogens with zero attached hydrogens (tertiary/aromatic N) is 2. The second-order valence-corrected chi connectivity index (χ2v) is 6.78. The Morgan fingerprint density at radius 1 is 1.07 bits per heavy atom. The van der Waals surface area contributed by atoms with Crippen LogP contribution in [0, 0.1) is 6.92 Å². The lowest BCUT2D eigenvalue weighted by molar-refractivity contribution is -0.137. The van der Waals surface area contributed by atoms with Crippen LogP contribution in [0.25, 0.3) is 22.2 Å². The van der Waals surface area contributed by atoms with Gasteiger partial charge in [0.25, 0.3) is 0 Å². The minimum Gasteiger partial charge on any atom is -0.487 e. The summed E-state index contributed by atoms with van der Waals surface area (Å²) in [5.41, 5.74) is 5.27. The molecule has 1 N–H and O–H groups in total. The summed E-state index contributed by atoms with van der Waals surface area (Å²) in [4.78, 5) is 15.3. The summed E-state index contributed by atoms with van der Waals surface area (Å²) in [6.45, 7) is 2.40. The smallest absolute Gasteiger partial charge is 0.323 e. The number of fused-ring (bicyclic) bond motifs is 1. The van der Waals surface area contributed by atoms with E-state index in [0.717, 1.165) is 16.5 Å². The fraction of sp³-hybridized carbons (Fsp3) is 0.130. The van der Waals surface area contributed by atoms with Crippen molar-refractivity contribution in [3.63, 3.8) is 0 Å². The predicted molar refractivity (Wildman–Crippen MR) is 108 cm³/mol.